The maximum Gasteiger partial charge on any atom is 0.325 e. The van der Waals surface area contributed by atoms with Gasteiger partial charge >= 0.3 is 6.03 Å². The molecule has 3 amide bonds. The minimum Gasteiger partial charge on any atom is -0.376 e. The van der Waals surface area contributed by atoms with Crippen LogP contribution in [0.1, 0.15) is 23.3 Å². The summed E-state index contributed by atoms with van der Waals surface area (Å²) < 4.78 is 5.45. The number of amides is 3. The van der Waals surface area contributed by atoms with Crippen LogP contribution in [0.5, 0.6) is 0 Å². The van der Waals surface area contributed by atoms with E-state index in [1.165, 1.54) is 11.3 Å². The molecule has 1 aliphatic heterocycles. The van der Waals surface area contributed by atoms with Crippen LogP contribution in [0.15, 0.2) is 29.6 Å². The highest BCUT2D eigenvalue weighted by Crippen LogP contribution is 2.17. The fourth-order valence-electron chi connectivity index (χ4n) is 2.33. The van der Waals surface area contributed by atoms with Crippen LogP contribution in [0.2, 0.25) is 5.02 Å². The first-order valence-corrected chi connectivity index (χ1v) is 9.05. The second-order valence-corrected chi connectivity index (χ2v) is 6.76. The van der Waals surface area contributed by atoms with Crippen molar-refractivity contribution in [2.45, 2.75) is 18.9 Å². The fraction of sp³-hybridized carbons (Fsp3) is 0.312. The van der Waals surface area contributed by atoms with Crippen LogP contribution in [0.4, 0.5) is 15.6 Å². The number of nitrogens with one attached hydrogen (secondary N) is 3. The van der Waals surface area contributed by atoms with Crippen molar-refractivity contribution in [2.75, 3.05) is 23.8 Å². The number of benzene rings is 1. The van der Waals surface area contributed by atoms with Gasteiger partial charge in [0, 0.05) is 29.2 Å². The highest BCUT2D eigenvalue weighted by molar-refractivity contribution is 7.14. The van der Waals surface area contributed by atoms with Gasteiger partial charge in [-0.1, -0.05) is 11.6 Å². The predicted molar refractivity (Wildman–Crippen MR) is 97.5 cm³/mol. The molecule has 3 N–H and O–H groups in total. The maximum atomic E-state index is 12.1. The van der Waals surface area contributed by atoms with Gasteiger partial charge in [0.2, 0.25) is 0 Å². The Kier molecular flexibility index (Phi) is 5.85. The van der Waals surface area contributed by atoms with Gasteiger partial charge in [-0.05, 0) is 37.1 Å². The zero-order chi connectivity index (χ0) is 17.6. The van der Waals surface area contributed by atoms with E-state index in [1.54, 1.807) is 29.6 Å². The monoisotopic (exact) mass is 380 g/mol. The molecule has 1 fully saturated rings. The third-order valence-electron chi connectivity index (χ3n) is 3.57. The second-order valence-electron chi connectivity index (χ2n) is 5.47. The number of anilines is 2. The molecule has 9 heteroatoms. The van der Waals surface area contributed by atoms with E-state index in [4.69, 9.17) is 16.3 Å². The number of hydrogen-bond donors (Lipinski definition) is 3. The first kappa shape index (κ1) is 17.7. The van der Waals surface area contributed by atoms with Gasteiger partial charge in [-0.25, -0.2) is 9.78 Å². The Labute approximate surface area is 153 Å². The average Bonchev–Trinajstić information content (AvgIpc) is 3.26. The van der Waals surface area contributed by atoms with Crippen molar-refractivity contribution >= 4 is 45.7 Å². The van der Waals surface area contributed by atoms with E-state index >= 15 is 0 Å². The largest absolute Gasteiger partial charge is 0.376 e. The molecular weight excluding hydrogens is 364 g/mol. The van der Waals surface area contributed by atoms with Gasteiger partial charge in [0.05, 0.1) is 6.10 Å². The molecule has 1 aromatic heterocycles. The third kappa shape index (κ3) is 5.15. The highest BCUT2D eigenvalue weighted by Gasteiger charge is 2.18. The number of carbonyl (C=O) groups is 2. The van der Waals surface area contributed by atoms with Crippen LogP contribution in [-0.4, -0.2) is 36.2 Å². The van der Waals surface area contributed by atoms with Crippen molar-refractivity contribution in [1.82, 2.24) is 10.3 Å². The Hall–Kier alpha value is -2.16. The van der Waals surface area contributed by atoms with E-state index in [0.29, 0.717) is 22.4 Å². The van der Waals surface area contributed by atoms with Gasteiger partial charge in [0.1, 0.15) is 5.69 Å². The summed E-state index contributed by atoms with van der Waals surface area (Å²) in [6, 6.07) is 6.29. The van der Waals surface area contributed by atoms with Gasteiger partial charge in [0.15, 0.2) is 5.13 Å². The summed E-state index contributed by atoms with van der Waals surface area (Å²) in [4.78, 5) is 28.1. The highest BCUT2D eigenvalue weighted by atomic mass is 35.5. The molecule has 0 aliphatic carbocycles. The number of rotatable bonds is 5. The Morgan fingerprint density at radius 2 is 2.08 bits per heavy atom. The average molecular weight is 381 g/mol. The van der Waals surface area contributed by atoms with E-state index in [2.05, 4.69) is 20.9 Å². The van der Waals surface area contributed by atoms with Gasteiger partial charge in [0.25, 0.3) is 5.91 Å². The Bertz CT molecular complexity index is 744. The zero-order valence-electron chi connectivity index (χ0n) is 13.3. The first-order valence-electron chi connectivity index (χ1n) is 7.79. The van der Waals surface area contributed by atoms with Crippen LogP contribution >= 0.6 is 22.9 Å². The van der Waals surface area contributed by atoms with Crippen molar-refractivity contribution in [3.8, 4) is 0 Å². The Balaban J connectivity index is 1.49. The maximum absolute atomic E-state index is 12.1. The van der Waals surface area contributed by atoms with Gasteiger partial charge in [-0.2, -0.15) is 0 Å². The number of halogens is 1. The second kappa shape index (κ2) is 8.28. The molecule has 3 rings (SSSR count). The summed E-state index contributed by atoms with van der Waals surface area (Å²) in [6.45, 7) is 1.21. The summed E-state index contributed by atoms with van der Waals surface area (Å²) in [7, 11) is 0. The van der Waals surface area contributed by atoms with Crippen LogP contribution in [-0.2, 0) is 4.74 Å². The quantitative estimate of drug-likeness (QED) is 0.741. The van der Waals surface area contributed by atoms with Gasteiger partial charge in [-0.3, -0.25) is 10.1 Å². The van der Waals surface area contributed by atoms with E-state index in [1.807, 2.05) is 0 Å². The molecule has 2 heterocycles. The van der Waals surface area contributed by atoms with E-state index < -0.39 is 6.03 Å². The standard InChI is InChI=1S/C16H17ClN4O3S/c17-10-3-5-11(6-4-10)19-15(23)21-16-20-13(9-25-16)14(22)18-8-12-2-1-7-24-12/h3-6,9,12H,1-2,7-8H2,(H,18,22)(H2,19,20,21,23). The molecule has 25 heavy (non-hydrogen) atoms. The molecule has 1 unspecified atom stereocenters. The number of aromatic nitrogens is 1. The van der Waals surface area contributed by atoms with Crippen molar-refractivity contribution in [3.63, 3.8) is 0 Å². The third-order valence-corrected chi connectivity index (χ3v) is 4.58. The van der Waals surface area contributed by atoms with Crippen LogP contribution in [0.3, 0.4) is 0 Å². The lowest BCUT2D eigenvalue weighted by Crippen LogP contribution is -2.32. The zero-order valence-corrected chi connectivity index (χ0v) is 14.8. The number of ether oxygens (including phenoxy) is 1. The number of urea groups is 1. The smallest absolute Gasteiger partial charge is 0.325 e. The lowest BCUT2D eigenvalue weighted by Gasteiger charge is -2.09. The van der Waals surface area contributed by atoms with E-state index in [-0.39, 0.29) is 17.7 Å². The van der Waals surface area contributed by atoms with E-state index in [0.717, 1.165) is 19.4 Å². The van der Waals surface area contributed by atoms with Gasteiger partial charge < -0.3 is 15.4 Å². The molecule has 0 bridgehead atoms. The number of thiazole rings is 1. The molecular formula is C16H17ClN4O3S. The molecule has 0 radical (unpaired) electrons. The van der Waals surface area contributed by atoms with Crippen LogP contribution in [0.25, 0.3) is 0 Å². The summed E-state index contributed by atoms with van der Waals surface area (Å²) in [5.41, 5.74) is 0.873. The molecule has 0 spiro atoms. The Morgan fingerprint density at radius 1 is 1.28 bits per heavy atom. The molecule has 1 saturated heterocycles. The molecule has 1 aromatic carbocycles. The molecule has 132 valence electrons. The topological polar surface area (TPSA) is 92.4 Å². The summed E-state index contributed by atoms with van der Waals surface area (Å²) in [6.07, 6.45) is 2.05. The van der Waals surface area contributed by atoms with Crippen molar-refractivity contribution in [3.05, 3.63) is 40.4 Å². The normalized spacial score (nSPS) is 16.4. The lowest BCUT2D eigenvalue weighted by atomic mass is 10.2. The van der Waals surface area contributed by atoms with Crippen LogP contribution < -0.4 is 16.0 Å². The van der Waals surface area contributed by atoms with Crippen LogP contribution in [0, 0.1) is 0 Å². The van der Waals surface area contributed by atoms with Gasteiger partial charge in [-0.15, -0.1) is 11.3 Å². The fourth-order valence-corrected chi connectivity index (χ4v) is 3.14. The Morgan fingerprint density at radius 3 is 2.80 bits per heavy atom. The summed E-state index contributed by atoms with van der Waals surface area (Å²) in [5.74, 6) is -0.280. The summed E-state index contributed by atoms with van der Waals surface area (Å²) >= 11 is 6.98. The van der Waals surface area contributed by atoms with E-state index in [9.17, 15) is 9.59 Å². The number of hydrogen-bond acceptors (Lipinski definition) is 5. The van der Waals surface area contributed by atoms with Crippen molar-refractivity contribution < 1.29 is 14.3 Å². The minimum absolute atomic E-state index is 0.0744. The molecule has 2 aromatic rings. The summed E-state index contributed by atoms with van der Waals surface area (Å²) in [5, 5.41) is 10.6. The minimum atomic E-state index is -0.442. The molecule has 0 saturated carbocycles. The SMILES string of the molecule is O=C(Nc1ccc(Cl)cc1)Nc1nc(C(=O)NCC2CCCO2)cs1. The van der Waals surface area contributed by atoms with Crippen molar-refractivity contribution in [2.24, 2.45) is 0 Å². The number of nitrogens with zero attached hydrogens (tertiary/aromatic N) is 1. The molecule has 1 atom stereocenters. The molecule has 7 nitrogen and oxygen atoms in total. The predicted octanol–water partition coefficient (Wildman–Crippen LogP) is 3.35. The molecule has 1 aliphatic rings. The van der Waals surface area contributed by atoms with Crippen molar-refractivity contribution in [1.29, 1.82) is 0 Å². The lowest BCUT2D eigenvalue weighted by molar-refractivity contribution is 0.0854. The first-order chi connectivity index (χ1) is 12.1. The number of carbonyl (C=O) groups excluding carboxylic acids is 2.